The molecule has 0 saturated heterocycles. The Labute approximate surface area is 79.3 Å². The number of esters is 1. The van der Waals surface area contributed by atoms with Crippen LogP contribution >= 0.6 is 11.6 Å². The molecule has 0 aromatic heterocycles. The Balaban J connectivity index is 2.53. The van der Waals surface area contributed by atoms with Gasteiger partial charge in [-0.3, -0.25) is 4.79 Å². The zero-order valence-corrected chi connectivity index (χ0v) is 7.25. The van der Waals surface area contributed by atoms with Gasteiger partial charge in [-0.15, -0.1) is 0 Å². The van der Waals surface area contributed by atoms with Crippen molar-refractivity contribution in [1.82, 2.24) is 0 Å². The van der Waals surface area contributed by atoms with Crippen molar-refractivity contribution in [3.63, 3.8) is 0 Å². The van der Waals surface area contributed by atoms with E-state index >= 15 is 0 Å². The Morgan fingerprint density at radius 2 is 2.08 bits per heavy atom. The number of benzene rings is 1. The summed E-state index contributed by atoms with van der Waals surface area (Å²) >= 11 is 5.26. The first-order valence-corrected chi connectivity index (χ1v) is 4.07. The minimum absolute atomic E-state index is 0.418. The third-order valence-electron chi connectivity index (χ3n) is 1.89. The van der Waals surface area contributed by atoms with Crippen molar-refractivity contribution in [2.24, 2.45) is 0 Å². The molecule has 13 heavy (non-hydrogen) atoms. The number of carbonyl (C=O) groups is 2. The van der Waals surface area contributed by atoms with Crippen molar-refractivity contribution < 1.29 is 14.3 Å². The molecule has 0 fully saturated rings. The molecule has 66 valence electrons. The second kappa shape index (κ2) is 2.85. The molecule has 0 radical (unpaired) electrons. The molecule has 3 nitrogen and oxygen atoms in total. The highest BCUT2D eigenvalue weighted by Crippen LogP contribution is 2.31. The topological polar surface area (TPSA) is 43.4 Å². The lowest BCUT2D eigenvalue weighted by Crippen LogP contribution is -2.05. The van der Waals surface area contributed by atoms with Crippen LogP contribution < -0.4 is 0 Å². The van der Waals surface area contributed by atoms with Crippen LogP contribution in [0, 0.1) is 0 Å². The highest BCUT2D eigenvalue weighted by atomic mass is 35.5. The molecule has 0 aliphatic carbocycles. The maximum Gasteiger partial charge on any atom is 0.339 e. The third kappa shape index (κ3) is 1.21. The average Bonchev–Trinajstić information content (AvgIpc) is 2.45. The second-order valence-corrected chi connectivity index (χ2v) is 3.05. The molecule has 0 amide bonds. The van der Waals surface area contributed by atoms with Crippen molar-refractivity contribution in [1.29, 1.82) is 0 Å². The van der Waals surface area contributed by atoms with Gasteiger partial charge in [0.15, 0.2) is 0 Å². The first-order valence-electron chi connectivity index (χ1n) is 3.69. The van der Waals surface area contributed by atoms with Crippen LogP contribution in [0.1, 0.15) is 22.0 Å². The summed E-state index contributed by atoms with van der Waals surface area (Å²) in [6.07, 6.45) is -0.926. The van der Waals surface area contributed by atoms with Crippen molar-refractivity contribution in [3.05, 3.63) is 35.4 Å². The largest absolute Gasteiger partial charge is 0.444 e. The molecule has 0 bridgehead atoms. The second-order valence-electron chi connectivity index (χ2n) is 2.68. The summed E-state index contributed by atoms with van der Waals surface area (Å²) in [5.74, 6) is -0.491. The van der Waals surface area contributed by atoms with E-state index in [2.05, 4.69) is 0 Å². The lowest BCUT2D eigenvalue weighted by atomic mass is 10.1. The minimum atomic E-state index is -0.926. The first kappa shape index (κ1) is 8.26. The van der Waals surface area contributed by atoms with Crippen LogP contribution in [0.15, 0.2) is 24.3 Å². The van der Waals surface area contributed by atoms with Crippen molar-refractivity contribution in [3.8, 4) is 0 Å². The van der Waals surface area contributed by atoms with Crippen LogP contribution in [0.5, 0.6) is 0 Å². The molecular formula is C9H5ClO3. The van der Waals surface area contributed by atoms with E-state index in [4.69, 9.17) is 16.3 Å². The normalized spacial score (nSPS) is 19.5. The fraction of sp³-hybridized carbons (Fsp3) is 0.111. The van der Waals surface area contributed by atoms with Crippen LogP contribution in [-0.4, -0.2) is 11.2 Å². The highest BCUT2D eigenvalue weighted by molar-refractivity contribution is 6.64. The molecule has 0 saturated carbocycles. The zero-order valence-electron chi connectivity index (χ0n) is 6.49. The van der Waals surface area contributed by atoms with Gasteiger partial charge in [0.25, 0.3) is 5.24 Å². The van der Waals surface area contributed by atoms with E-state index in [9.17, 15) is 9.59 Å². The summed E-state index contributed by atoms with van der Waals surface area (Å²) in [5.41, 5.74) is 0.967. The quantitative estimate of drug-likeness (QED) is 0.507. The predicted molar refractivity (Wildman–Crippen MR) is 45.5 cm³/mol. The van der Waals surface area contributed by atoms with Gasteiger partial charge < -0.3 is 4.74 Å². The van der Waals surface area contributed by atoms with Crippen LogP contribution in [0.25, 0.3) is 0 Å². The number of halogens is 1. The van der Waals surface area contributed by atoms with Gasteiger partial charge in [-0.1, -0.05) is 18.2 Å². The van der Waals surface area contributed by atoms with Gasteiger partial charge >= 0.3 is 5.97 Å². The number of cyclic esters (lactones) is 1. The van der Waals surface area contributed by atoms with E-state index in [0.717, 1.165) is 0 Å². The smallest absolute Gasteiger partial charge is 0.339 e. The van der Waals surface area contributed by atoms with Crippen LogP contribution in [0.3, 0.4) is 0 Å². The van der Waals surface area contributed by atoms with Gasteiger partial charge in [-0.05, 0) is 17.7 Å². The molecule has 1 aromatic carbocycles. The Morgan fingerprint density at radius 1 is 1.38 bits per heavy atom. The predicted octanol–water partition coefficient (Wildman–Crippen LogP) is 1.66. The summed E-state index contributed by atoms with van der Waals surface area (Å²) in [6, 6.07) is 6.71. The molecule has 1 atom stereocenters. The van der Waals surface area contributed by atoms with Crippen LogP contribution in [0.4, 0.5) is 0 Å². The van der Waals surface area contributed by atoms with Crippen molar-refractivity contribution in [2.45, 2.75) is 6.10 Å². The molecule has 2 rings (SSSR count). The van der Waals surface area contributed by atoms with E-state index in [-0.39, 0.29) is 0 Å². The van der Waals surface area contributed by atoms with Crippen LogP contribution in [0.2, 0.25) is 0 Å². The van der Waals surface area contributed by atoms with Gasteiger partial charge in [0.05, 0.1) is 5.56 Å². The number of carbonyl (C=O) groups excluding carboxylic acids is 2. The number of fused-ring (bicyclic) bond motifs is 1. The SMILES string of the molecule is O=C1OC(C(=O)Cl)c2ccccc21. The van der Waals surface area contributed by atoms with Gasteiger partial charge in [-0.2, -0.15) is 0 Å². The Hall–Kier alpha value is -1.35. The lowest BCUT2D eigenvalue weighted by molar-refractivity contribution is -0.119. The fourth-order valence-electron chi connectivity index (χ4n) is 1.31. The molecular weight excluding hydrogens is 192 g/mol. The molecule has 1 unspecified atom stereocenters. The van der Waals surface area contributed by atoms with Gasteiger partial charge in [0.1, 0.15) is 0 Å². The summed E-state index contributed by atoms with van der Waals surface area (Å²) < 4.78 is 4.77. The number of rotatable bonds is 1. The summed E-state index contributed by atoms with van der Waals surface area (Å²) in [5, 5.41) is -0.668. The Bertz CT molecular complexity index is 386. The number of ether oxygens (including phenoxy) is 1. The van der Waals surface area contributed by atoms with Crippen molar-refractivity contribution in [2.75, 3.05) is 0 Å². The maximum atomic E-state index is 11.1. The van der Waals surface area contributed by atoms with E-state index in [0.29, 0.717) is 11.1 Å². The van der Waals surface area contributed by atoms with E-state index in [1.54, 1.807) is 24.3 Å². The number of hydrogen-bond donors (Lipinski definition) is 0. The Morgan fingerprint density at radius 3 is 2.77 bits per heavy atom. The van der Waals surface area contributed by atoms with Gasteiger partial charge in [0, 0.05) is 5.56 Å². The number of hydrogen-bond acceptors (Lipinski definition) is 3. The molecule has 1 heterocycles. The molecule has 1 aliphatic heterocycles. The fourth-order valence-corrected chi connectivity index (χ4v) is 1.48. The van der Waals surface area contributed by atoms with E-state index < -0.39 is 17.3 Å². The highest BCUT2D eigenvalue weighted by Gasteiger charge is 2.34. The van der Waals surface area contributed by atoms with Gasteiger partial charge in [-0.25, -0.2) is 4.79 Å². The standard InChI is InChI=1S/C9H5ClO3/c10-8(11)7-5-3-1-2-4-6(5)9(12)13-7/h1-4,7H. The molecule has 0 N–H and O–H groups in total. The summed E-state index contributed by atoms with van der Waals surface area (Å²) in [4.78, 5) is 22.0. The third-order valence-corrected chi connectivity index (χ3v) is 2.09. The Kier molecular flexibility index (Phi) is 1.81. The van der Waals surface area contributed by atoms with Crippen molar-refractivity contribution >= 4 is 22.8 Å². The van der Waals surface area contributed by atoms with Crippen LogP contribution in [-0.2, 0) is 9.53 Å². The molecule has 1 aromatic rings. The zero-order chi connectivity index (χ0) is 9.42. The average molecular weight is 197 g/mol. The maximum absolute atomic E-state index is 11.1. The van der Waals surface area contributed by atoms with Gasteiger partial charge in [0.2, 0.25) is 6.10 Å². The monoisotopic (exact) mass is 196 g/mol. The molecule has 1 aliphatic rings. The van der Waals surface area contributed by atoms with E-state index in [1.807, 2.05) is 0 Å². The summed E-state index contributed by atoms with van der Waals surface area (Å²) in [6.45, 7) is 0. The lowest BCUT2D eigenvalue weighted by Gasteiger charge is -2.02. The minimum Gasteiger partial charge on any atom is -0.444 e. The molecule has 0 spiro atoms. The first-order chi connectivity index (χ1) is 6.20. The molecule has 4 heteroatoms. The van der Waals surface area contributed by atoms with E-state index in [1.165, 1.54) is 0 Å². The summed E-state index contributed by atoms with van der Waals surface area (Å²) in [7, 11) is 0.